The number of hydrogen-bond donors (Lipinski definition) is 0. The molecular weight excluding hydrogens is 270 g/mol. The van der Waals surface area contributed by atoms with Crippen LogP contribution in [0.15, 0.2) is 18.2 Å². The maximum atomic E-state index is 9.01. The molecule has 5 nitrogen and oxygen atoms in total. The molecule has 0 aliphatic rings. The van der Waals surface area contributed by atoms with Gasteiger partial charge >= 0.3 is 0 Å². The molecule has 0 aliphatic carbocycles. The van der Waals surface area contributed by atoms with Crippen LogP contribution in [0.2, 0.25) is 0 Å². The first kappa shape index (κ1) is 12.8. The Kier molecular flexibility index (Phi) is 2.99. The molecule has 0 aliphatic heterocycles. The molecule has 0 bridgehead atoms. The molecule has 0 fully saturated rings. The summed E-state index contributed by atoms with van der Waals surface area (Å²) < 4.78 is 6.15. The first-order valence-corrected chi connectivity index (χ1v) is 7.10. The number of imidazole rings is 1. The number of rotatable bonds is 2. The minimum absolute atomic E-state index is 0.268. The second-order valence-corrected chi connectivity index (χ2v) is 5.66. The van der Waals surface area contributed by atoms with E-state index in [9.17, 15) is 0 Å². The van der Waals surface area contributed by atoms with E-state index in [0.717, 1.165) is 27.4 Å². The van der Waals surface area contributed by atoms with Crippen molar-refractivity contribution >= 4 is 22.6 Å². The van der Waals surface area contributed by atoms with Crippen molar-refractivity contribution in [1.29, 1.82) is 5.26 Å². The molecule has 0 radical (unpaired) electrons. The average molecular weight is 283 g/mol. The summed E-state index contributed by atoms with van der Waals surface area (Å²) in [4.78, 5) is 5.67. The molecule has 1 aromatic carbocycles. The number of fused-ring (bicyclic) bond motifs is 1. The fourth-order valence-electron chi connectivity index (χ4n) is 2.29. The van der Waals surface area contributed by atoms with Gasteiger partial charge in [-0.2, -0.15) is 5.26 Å². The smallest absolute Gasteiger partial charge is 0.155 e. The van der Waals surface area contributed by atoms with Gasteiger partial charge in [0.2, 0.25) is 0 Å². The van der Waals surface area contributed by atoms with Crippen LogP contribution in [0.3, 0.4) is 0 Å². The highest BCUT2D eigenvalue weighted by atomic mass is 32.1. The Labute approximate surface area is 120 Å². The van der Waals surface area contributed by atoms with Gasteiger partial charge in [-0.1, -0.05) is 4.49 Å². The van der Waals surface area contributed by atoms with Crippen molar-refractivity contribution in [1.82, 2.24) is 19.1 Å². The molecular formula is C14H13N5S. The third kappa shape index (κ3) is 1.87. The van der Waals surface area contributed by atoms with Crippen LogP contribution in [-0.4, -0.2) is 19.1 Å². The zero-order valence-electron chi connectivity index (χ0n) is 11.5. The minimum atomic E-state index is 0.268. The van der Waals surface area contributed by atoms with Crippen LogP contribution >= 0.6 is 11.5 Å². The summed E-state index contributed by atoms with van der Waals surface area (Å²) in [7, 11) is 0. The molecule has 2 aromatic heterocycles. The Hall–Kier alpha value is -2.26. The van der Waals surface area contributed by atoms with E-state index in [4.69, 9.17) is 5.26 Å². The number of benzene rings is 1. The van der Waals surface area contributed by atoms with Crippen LogP contribution in [0.5, 0.6) is 0 Å². The fraction of sp³-hybridized carbons (Fsp3) is 0.286. The van der Waals surface area contributed by atoms with Gasteiger partial charge in [-0.3, -0.25) is 0 Å². The van der Waals surface area contributed by atoms with Gasteiger partial charge in [0.05, 0.1) is 28.4 Å². The first-order valence-electron chi connectivity index (χ1n) is 6.33. The summed E-state index contributed by atoms with van der Waals surface area (Å²) in [6.07, 6.45) is 0. The predicted octanol–water partition coefficient (Wildman–Crippen LogP) is 3.32. The summed E-state index contributed by atoms with van der Waals surface area (Å²) >= 11 is 1.35. The van der Waals surface area contributed by atoms with Crippen LogP contribution in [0.4, 0.5) is 0 Å². The maximum Gasteiger partial charge on any atom is 0.155 e. The molecule has 2 heterocycles. The van der Waals surface area contributed by atoms with Crippen molar-refractivity contribution in [2.75, 3.05) is 0 Å². The Balaban J connectivity index is 2.34. The largest absolute Gasteiger partial charge is 0.321 e. The summed E-state index contributed by atoms with van der Waals surface area (Å²) in [6, 6.07) is 8.02. The molecule has 0 saturated carbocycles. The summed E-state index contributed by atoms with van der Waals surface area (Å²) in [5.74, 6) is 0.873. The molecule has 0 spiro atoms. The highest BCUT2D eigenvalue weighted by Crippen LogP contribution is 2.31. The quantitative estimate of drug-likeness (QED) is 0.723. The van der Waals surface area contributed by atoms with Crippen molar-refractivity contribution in [3.8, 4) is 16.8 Å². The molecule has 0 amide bonds. The molecule has 3 rings (SSSR count). The monoisotopic (exact) mass is 283 g/mol. The van der Waals surface area contributed by atoms with Crippen LogP contribution in [0.25, 0.3) is 21.7 Å². The van der Waals surface area contributed by atoms with E-state index in [1.165, 1.54) is 11.5 Å². The Morgan fingerprint density at radius 2 is 2.15 bits per heavy atom. The minimum Gasteiger partial charge on any atom is -0.321 e. The van der Waals surface area contributed by atoms with Crippen molar-refractivity contribution in [2.24, 2.45) is 0 Å². The molecule has 0 unspecified atom stereocenters. The second-order valence-electron chi connectivity index (χ2n) is 4.90. The number of aryl methyl sites for hydroxylation is 1. The van der Waals surface area contributed by atoms with Gasteiger partial charge in [0.15, 0.2) is 5.82 Å². The summed E-state index contributed by atoms with van der Waals surface area (Å²) in [5.41, 5.74) is 3.37. The first-order chi connectivity index (χ1) is 9.61. The summed E-state index contributed by atoms with van der Waals surface area (Å²) in [6.45, 7) is 6.17. The average Bonchev–Trinajstić information content (AvgIpc) is 3.00. The van der Waals surface area contributed by atoms with E-state index in [1.807, 2.05) is 25.1 Å². The van der Waals surface area contributed by atoms with Gasteiger partial charge in [0, 0.05) is 6.04 Å². The Morgan fingerprint density at radius 1 is 1.35 bits per heavy atom. The highest BCUT2D eigenvalue weighted by Gasteiger charge is 2.18. The van der Waals surface area contributed by atoms with E-state index < -0.39 is 0 Å². The van der Waals surface area contributed by atoms with Gasteiger partial charge in [-0.25, -0.2) is 4.98 Å². The van der Waals surface area contributed by atoms with Crippen molar-refractivity contribution in [3.05, 3.63) is 29.5 Å². The standard InChI is InChI=1S/C14H13N5S/c1-8(2)19-12-5-4-10(7-15)6-11(12)16-14(19)13-9(3)17-18-20-13/h4-6,8H,1-3H3. The molecule has 6 heteroatoms. The van der Waals surface area contributed by atoms with E-state index in [-0.39, 0.29) is 6.04 Å². The van der Waals surface area contributed by atoms with Crippen molar-refractivity contribution < 1.29 is 0 Å². The summed E-state index contributed by atoms with van der Waals surface area (Å²) in [5, 5.41) is 13.1. The van der Waals surface area contributed by atoms with Crippen molar-refractivity contribution in [3.63, 3.8) is 0 Å². The maximum absolute atomic E-state index is 9.01. The van der Waals surface area contributed by atoms with Gasteiger partial charge in [0.25, 0.3) is 0 Å². The normalized spacial score (nSPS) is 11.2. The highest BCUT2D eigenvalue weighted by molar-refractivity contribution is 7.09. The third-order valence-electron chi connectivity index (χ3n) is 3.19. The predicted molar refractivity (Wildman–Crippen MR) is 78.5 cm³/mol. The van der Waals surface area contributed by atoms with E-state index in [2.05, 4.69) is 39.1 Å². The zero-order chi connectivity index (χ0) is 14.3. The van der Waals surface area contributed by atoms with Crippen LogP contribution in [-0.2, 0) is 0 Å². The third-order valence-corrected chi connectivity index (χ3v) is 4.01. The van der Waals surface area contributed by atoms with Gasteiger partial charge < -0.3 is 4.57 Å². The lowest BCUT2D eigenvalue weighted by Crippen LogP contribution is -2.02. The Morgan fingerprint density at radius 3 is 2.75 bits per heavy atom. The zero-order valence-corrected chi connectivity index (χ0v) is 12.3. The number of aromatic nitrogens is 4. The lowest BCUT2D eigenvalue weighted by molar-refractivity contribution is 0.625. The Bertz CT molecular complexity index is 822. The number of nitrogens with zero attached hydrogens (tertiary/aromatic N) is 5. The lowest BCUT2D eigenvalue weighted by Gasteiger charge is -2.12. The number of hydrogen-bond acceptors (Lipinski definition) is 5. The van der Waals surface area contributed by atoms with Gasteiger partial charge in [-0.15, -0.1) is 5.10 Å². The second kappa shape index (κ2) is 4.69. The molecule has 0 N–H and O–H groups in total. The molecule has 20 heavy (non-hydrogen) atoms. The lowest BCUT2D eigenvalue weighted by atomic mass is 10.2. The van der Waals surface area contributed by atoms with E-state index >= 15 is 0 Å². The van der Waals surface area contributed by atoms with E-state index in [0.29, 0.717) is 5.56 Å². The van der Waals surface area contributed by atoms with Crippen molar-refractivity contribution in [2.45, 2.75) is 26.8 Å². The van der Waals surface area contributed by atoms with Gasteiger partial charge in [0.1, 0.15) is 4.88 Å². The number of nitriles is 1. The topological polar surface area (TPSA) is 67.4 Å². The van der Waals surface area contributed by atoms with Gasteiger partial charge in [-0.05, 0) is 50.5 Å². The molecule has 100 valence electrons. The molecule has 0 atom stereocenters. The van der Waals surface area contributed by atoms with E-state index in [1.54, 1.807) is 0 Å². The van der Waals surface area contributed by atoms with Crippen LogP contribution in [0, 0.1) is 18.3 Å². The molecule has 0 saturated heterocycles. The van der Waals surface area contributed by atoms with Crippen LogP contribution in [0.1, 0.15) is 31.1 Å². The van der Waals surface area contributed by atoms with Crippen LogP contribution < -0.4 is 0 Å². The molecule has 3 aromatic rings. The SMILES string of the molecule is Cc1nnsc1-c1nc2cc(C#N)ccc2n1C(C)C. The fourth-order valence-corrected chi connectivity index (χ4v) is 2.93.